The summed E-state index contributed by atoms with van der Waals surface area (Å²) in [6, 6.07) is 3.72. The van der Waals surface area contributed by atoms with E-state index in [1.807, 2.05) is 0 Å². The summed E-state index contributed by atoms with van der Waals surface area (Å²) >= 11 is 0. The first-order valence-electron chi connectivity index (χ1n) is 7.16. The standard InChI is InChI=1S/C15H13FN4O5S/c1-25-15(22)10-7-20(6-9-13(10)17-18-14(9)21)8-3-4-12(11(16)5-8)19-26(2,23)24/h3-7,19H,1-2H3,(H,18,21). The molecule has 0 amide bonds. The quantitative estimate of drug-likeness (QED) is 0.650. The van der Waals surface area contributed by atoms with Gasteiger partial charge in [0.2, 0.25) is 10.0 Å². The van der Waals surface area contributed by atoms with Gasteiger partial charge in [-0.15, -0.1) is 0 Å². The monoisotopic (exact) mass is 380 g/mol. The Morgan fingerprint density at radius 3 is 2.69 bits per heavy atom. The van der Waals surface area contributed by atoms with E-state index in [2.05, 4.69) is 19.7 Å². The predicted molar refractivity (Wildman–Crippen MR) is 90.6 cm³/mol. The second-order valence-corrected chi connectivity index (χ2v) is 7.17. The van der Waals surface area contributed by atoms with Crippen LogP contribution in [0.4, 0.5) is 10.1 Å². The summed E-state index contributed by atoms with van der Waals surface area (Å²) in [6.07, 6.45) is 3.62. The number of fused-ring (bicyclic) bond motifs is 1. The molecule has 0 bridgehead atoms. The highest BCUT2D eigenvalue weighted by Gasteiger charge is 2.22. The molecule has 2 aliphatic rings. The molecule has 1 aromatic carbocycles. The zero-order valence-electron chi connectivity index (χ0n) is 13.6. The van der Waals surface area contributed by atoms with Gasteiger partial charge in [0, 0.05) is 24.1 Å². The maximum absolute atomic E-state index is 14.2. The SMILES string of the molecule is COC(=O)c1cn(-c2ccc(NS(C)(=O)=O)c(F)c2)cc2c(=O)[nH]nc1-2. The molecule has 1 aromatic rings. The molecule has 9 nitrogen and oxygen atoms in total. The van der Waals surface area contributed by atoms with Crippen LogP contribution in [0, 0.1) is 5.82 Å². The molecule has 0 saturated heterocycles. The number of aromatic amines is 1. The Morgan fingerprint density at radius 2 is 2.08 bits per heavy atom. The number of ether oxygens (including phenoxy) is 1. The maximum Gasteiger partial charge on any atom is 0.341 e. The topological polar surface area (TPSA) is 123 Å². The van der Waals surface area contributed by atoms with E-state index >= 15 is 0 Å². The van der Waals surface area contributed by atoms with Crippen molar-refractivity contribution in [1.29, 1.82) is 0 Å². The average molecular weight is 380 g/mol. The van der Waals surface area contributed by atoms with Gasteiger partial charge in [-0.2, -0.15) is 5.10 Å². The minimum absolute atomic E-state index is 0.0158. The molecule has 0 unspecified atom stereocenters. The fourth-order valence-corrected chi connectivity index (χ4v) is 2.96. The van der Waals surface area contributed by atoms with E-state index in [1.165, 1.54) is 36.2 Å². The van der Waals surface area contributed by atoms with Gasteiger partial charge in [0.15, 0.2) is 0 Å². The van der Waals surface area contributed by atoms with E-state index in [1.54, 1.807) is 0 Å². The van der Waals surface area contributed by atoms with Crippen LogP contribution in [0.2, 0.25) is 0 Å². The normalized spacial score (nSPS) is 11.5. The van der Waals surface area contributed by atoms with Crippen LogP contribution < -0.4 is 10.3 Å². The number of carbonyl (C=O) groups is 1. The van der Waals surface area contributed by atoms with Crippen molar-refractivity contribution in [2.75, 3.05) is 18.1 Å². The lowest BCUT2D eigenvalue weighted by molar-refractivity contribution is 0.0600. The zero-order chi connectivity index (χ0) is 19.1. The highest BCUT2D eigenvalue weighted by Crippen LogP contribution is 2.25. The molecule has 2 N–H and O–H groups in total. The Bertz CT molecular complexity index is 1140. The van der Waals surface area contributed by atoms with Crippen LogP contribution in [0.15, 0.2) is 35.4 Å². The third-order valence-corrected chi connectivity index (χ3v) is 4.10. The highest BCUT2D eigenvalue weighted by atomic mass is 32.2. The summed E-state index contributed by atoms with van der Waals surface area (Å²) in [5, 5.41) is 6.03. The number of hydrogen-bond donors (Lipinski definition) is 2. The lowest BCUT2D eigenvalue weighted by atomic mass is 10.1. The Labute approximate surface area is 146 Å². The summed E-state index contributed by atoms with van der Waals surface area (Å²) in [5.74, 6) is -1.54. The first kappa shape index (κ1) is 17.6. The summed E-state index contributed by atoms with van der Waals surface area (Å²) in [5.41, 5.74) is -0.217. The highest BCUT2D eigenvalue weighted by molar-refractivity contribution is 7.92. The number of benzene rings is 1. The van der Waals surface area contributed by atoms with Crippen LogP contribution in [-0.4, -0.2) is 42.5 Å². The third kappa shape index (κ3) is 3.28. The molecule has 11 heteroatoms. The molecule has 2 heterocycles. The molecule has 0 fully saturated rings. The number of H-pyrrole nitrogens is 1. The van der Waals surface area contributed by atoms with E-state index in [0.29, 0.717) is 0 Å². The van der Waals surface area contributed by atoms with Crippen molar-refractivity contribution in [2.24, 2.45) is 0 Å². The van der Waals surface area contributed by atoms with Crippen LogP contribution >= 0.6 is 0 Å². The molecule has 136 valence electrons. The molecule has 0 atom stereocenters. The summed E-state index contributed by atoms with van der Waals surface area (Å²) in [4.78, 5) is 23.8. The molecule has 0 aliphatic carbocycles. The Balaban J connectivity index is 2.15. The Hall–Kier alpha value is -3.21. The van der Waals surface area contributed by atoms with Gasteiger partial charge in [0.05, 0.1) is 24.6 Å². The van der Waals surface area contributed by atoms with E-state index in [-0.39, 0.29) is 28.2 Å². The van der Waals surface area contributed by atoms with Crippen molar-refractivity contribution >= 4 is 21.7 Å². The van der Waals surface area contributed by atoms with Crippen molar-refractivity contribution in [2.45, 2.75) is 0 Å². The zero-order valence-corrected chi connectivity index (χ0v) is 14.4. The number of methoxy groups -OCH3 is 1. The van der Waals surface area contributed by atoms with E-state index in [0.717, 1.165) is 12.3 Å². The number of esters is 1. The van der Waals surface area contributed by atoms with Gasteiger partial charge in [0.1, 0.15) is 17.1 Å². The van der Waals surface area contributed by atoms with Crippen molar-refractivity contribution < 1.29 is 22.3 Å². The van der Waals surface area contributed by atoms with E-state index in [4.69, 9.17) is 0 Å². The fourth-order valence-electron chi connectivity index (χ4n) is 2.39. The van der Waals surface area contributed by atoms with Gasteiger partial charge in [-0.1, -0.05) is 0 Å². The molecule has 2 aliphatic heterocycles. The second-order valence-electron chi connectivity index (χ2n) is 5.42. The van der Waals surface area contributed by atoms with E-state index < -0.39 is 27.4 Å². The van der Waals surface area contributed by atoms with Crippen LogP contribution in [0.25, 0.3) is 16.9 Å². The summed E-state index contributed by atoms with van der Waals surface area (Å²) in [7, 11) is -2.45. The lowest BCUT2D eigenvalue weighted by Gasteiger charge is -2.13. The third-order valence-electron chi connectivity index (χ3n) is 3.51. The van der Waals surface area contributed by atoms with Gasteiger partial charge in [-0.25, -0.2) is 22.7 Å². The van der Waals surface area contributed by atoms with Crippen molar-refractivity contribution in [3.05, 3.63) is 52.3 Å². The first-order chi connectivity index (χ1) is 12.2. The number of nitrogens with zero attached hydrogens (tertiary/aromatic N) is 2. The molecular formula is C15H13FN4O5S. The Morgan fingerprint density at radius 1 is 1.35 bits per heavy atom. The van der Waals surface area contributed by atoms with Gasteiger partial charge < -0.3 is 9.30 Å². The second kappa shape index (κ2) is 6.26. The number of aromatic nitrogens is 3. The van der Waals surface area contributed by atoms with Gasteiger partial charge in [-0.05, 0) is 12.1 Å². The van der Waals surface area contributed by atoms with Gasteiger partial charge >= 0.3 is 5.97 Å². The predicted octanol–water partition coefficient (Wildman–Crippen LogP) is 0.963. The number of nitrogens with one attached hydrogen (secondary N) is 2. The molecule has 0 saturated carbocycles. The molecule has 0 aromatic heterocycles. The van der Waals surface area contributed by atoms with Crippen molar-refractivity contribution in [3.8, 4) is 16.9 Å². The minimum Gasteiger partial charge on any atom is -0.465 e. The largest absolute Gasteiger partial charge is 0.465 e. The molecular weight excluding hydrogens is 367 g/mol. The number of sulfonamides is 1. The maximum atomic E-state index is 14.2. The summed E-state index contributed by atoms with van der Waals surface area (Å²) in [6.45, 7) is 0. The fraction of sp³-hybridized carbons (Fsp3) is 0.133. The number of anilines is 1. The van der Waals surface area contributed by atoms with Crippen LogP contribution in [0.3, 0.4) is 0 Å². The number of rotatable bonds is 4. The van der Waals surface area contributed by atoms with Crippen molar-refractivity contribution in [1.82, 2.24) is 14.8 Å². The van der Waals surface area contributed by atoms with E-state index in [9.17, 15) is 22.4 Å². The van der Waals surface area contributed by atoms with Gasteiger partial charge in [-0.3, -0.25) is 9.52 Å². The van der Waals surface area contributed by atoms with Crippen LogP contribution in [0.5, 0.6) is 0 Å². The molecule has 3 rings (SSSR count). The number of carbonyl (C=O) groups excluding carboxylic acids is 1. The number of hydrogen-bond acceptors (Lipinski definition) is 6. The van der Waals surface area contributed by atoms with Crippen molar-refractivity contribution in [3.63, 3.8) is 0 Å². The smallest absolute Gasteiger partial charge is 0.341 e. The molecule has 0 radical (unpaired) electrons. The first-order valence-corrected chi connectivity index (χ1v) is 9.05. The summed E-state index contributed by atoms with van der Waals surface area (Å²) < 4.78 is 44.8. The minimum atomic E-state index is -3.64. The van der Waals surface area contributed by atoms with Crippen LogP contribution in [0.1, 0.15) is 10.4 Å². The lowest BCUT2D eigenvalue weighted by Crippen LogP contribution is -2.12. The average Bonchev–Trinajstić information content (AvgIpc) is 2.95. The Kier molecular flexibility index (Phi) is 4.24. The number of pyridine rings is 1. The molecule has 0 spiro atoms. The van der Waals surface area contributed by atoms with Crippen LogP contribution in [-0.2, 0) is 14.8 Å². The molecule has 26 heavy (non-hydrogen) atoms. The number of halogens is 1. The van der Waals surface area contributed by atoms with Gasteiger partial charge in [0.25, 0.3) is 5.56 Å².